The Balaban J connectivity index is 0. The first-order chi connectivity index (χ1) is 6.12. The first kappa shape index (κ1) is 15.6. The predicted octanol–water partition coefficient (Wildman–Crippen LogP) is -0.875. The Morgan fingerprint density at radius 1 is 1.57 bits per heavy atom. The number of hydrogen-bond acceptors (Lipinski definition) is 4. The predicted molar refractivity (Wildman–Crippen MR) is 55.4 cm³/mol. The molecule has 5 heteroatoms. The van der Waals surface area contributed by atoms with Crippen LogP contribution in [0, 0.1) is 0 Å². The highest BCUT2D eigenvalue weighted by atomic mass is 16.3. The van der Waals surface area contributed by atoms with E-state index >= 15 is 0 Å². The zero-order valence-electron chi connectivity index (χ0n) is 8.95. The van der Waals surface area contributed by atoms with Crippen LogP contribution in [0.5, 0.6) is 0 Å². The summed E-state index contributed by atoms with van der Waals surface area (Å²) >= 11 is 0. The normalized spacial score (nSPS) is 12.4. The highest BCUT2D eigenvalue weighted by Crippen LogP contribution is 2.02. The lowest BCUT2D eigenvalue weighted by Gasteiger charge is -2.23. The molecule has 0 bridgehead atoms. The molecule has 0 radical (unpaired) electrons. The molecule has 0 aromatic rings. The van der Waals surface area contributed by atoms with Crippen molar-refractivity contribution < 1.29 is 15.0 Å². The second kappa shape index (κ2) is 6.53. The van der Waals surface area contributed by atoms with Crippen LogP contribution in [0.15, 0.2) is 12.2 Å². The molecular formula is C9H20N2O3. The van der Waals surface area contributed by atoms with Gasteiger partial charge in [-0.1, -0.05) is 6.58 Å². The van der Waals surface area contributed by atoms with Crippen molar-refractivity contribution in [2.45, 2.75) is 32.4 Å². The molecule has 1 amide bonds. The van der Waals surface area contributed by atoms with E-state index in [-0.39, 0.29) is 6.61 Å². The molecule has 1 atom stereocenters. The summed E-state index contributed by atoms with van der Waals surface area (Å²) in [5, 5.41) is 17.2. The van der Waals surface area contributed by atoms with Gasteiger partial charge in [-0.05, 0) is 20.8 Å². The fourth-order valence-electron chi connectivity index (χ4n) is 0.235. The molecule has 0 aliphatic heterocycles. The summed E-state index contributed by atoms with van der Waals surface area (Å²) in [6.45, 7) is 7.90. The second-order valence-corrected chi connectivity index (χ2v) is 3.66. The molecule has 14 heavy (non-hydrogen) atoms. The zero-order chi connectivity index (χ0) is 11.9. The van der Waals surface area contributed by atoms with Gasteiger partial charge >= 0.3 is 0 Å². The Bertz CT molecular complexity index is 185. The van der Waals surface area contributed by atoms with E-state index in [1.54, 1.807) is 20.8 Å². The smallest absolute Gasteiger partial charge is 0.243 e. The van der Waals surface area contributed by atoms with Crippen molar-refractivity contribution in [1.29, 1.82) is 0 Å². The standard InChI is InChI=1S/C5H13NO2.C4H7NO/c1-5(2,6)4(8)3-7;1-3(2)4(5)6/h4,7-8H,3,6H2,1-2H3;1H2,2H3,(H2,5,6). The fourth-order valence-corrected chi connectivity index (χ4v) is 0.235. The quantitative estimate of drug-likeness (QED) is 0.448. The minimum Gasteiger partial charge on any atom is -0.394 e. The van der Waals surface area contributed by atoms with E-state index in [1.165, 1.54) is 0 Å². The van der Waals surface area contributed by atoms with E-state index in [9.17, 15) is 4.79 Å². The maximum absolute atomic E-state index is 9.82. The number of nitrogens with two attached hydrogens (primary N) is 2. The summed E-state index contributed by atoms with van der Waals surface area (Å²) in [7, 11) is 0. The average Bonchev–Trinajstić information content (AvgIpc) is 2.02. The van der Waals surface area contributed by atoms with E-state index < -0.39 is 17.6 Å². The molecule has 0 saturated carbocycles. The Hall–Kier alpha value is -0.910. The summed E-state index contributed by atoms with van der Waals surface area (Å²) in [5.41, 5.74) is 9.79. The molecule has 6 N–H and O–H groups in total. The highest BCUT2D eigenvalue weighted by Gasteiger charge is 2.20. The number of amides is 1. The lowest BCUT2D eigenvalue weighted by Crippen LogP contribution is -2.46. The highest BCUT2D eigenvalue weighted by molar-refractivity contribution is 5.90. The van der Waals surface area contributed by atoms with Crippen molar-refractivity contribution >= 4 is 5.91 Å². The van der Waals surface area contributed by atoms with E-state index in [2.05, 4.69) is 6.58 Å². The van der Waals surface area contributed by atoms with Gasteiger partial charge in [0.2, 0.25) is 5.91 Å². The third-order valence-corrected chi connectivity index (χ3v) is 1.45. The lowest BCUT2D eigenvalue weighted by molar-refractivity contribution is -0.114. The molecule has 0 aliphatic rings. The molecule has 0 spiro atoms. The summed E-state index contributed by atoms with van der Waals surface area (Å²) in [5.74, 6) is -0.435. The summed E-state index contributed by atoms with van der Waals surface area (Å²) in [6.07, 6.45) is -0.817. The fraction of sp³-hybridized carbons (Fsp3) is 0.667. The molecule has 84 valence electrons. The Labute approximate surface area is 84.4 Å². The van der Waals surface area contributed by atoms with Crippen LogP contribution in [-0.4, -0.2) is 34.4 Å². The number of rotatable bonds is 3. The monoisotopic (exact) mass is 204 g/mol. The van der Waals surface area contributed by atoms with Gasteiger partial charge in [0.1, 0.15) is 0 Å². The molecule has 0 fully saturated rings. The lowest BCUT2D eigenvalue weighted by atomic mass is 10.0. The van der Waals surface area contributed by atoms with E-state index in [4.69, 9.17) is 21.7 Å². The topological polar surface area (TPSA) is 110 Å². The summed E-state index contributed by atoms with van der Waals surface area (Å²) in [4.78, 5) is 9.82. The van der Waals surface area contributed by atoms with Gasteiger partial charge in [0, 0.05) is 11.1 Å². The van der Waals surface area contributed by atoms with Gasteiger partial charge in [0.15, 0.2) is 0 Å². The van der Waals surface area contributed by atoms with Gasteiger partial charge in [-0.25, -0.2) is 0 Å². The molecule has 5 nitrogen and oxygen atoms in total. The van der Waals surface area contributed by atoms with E-state index in [1.807, 2.05) is 0 Å². The van der Waals surface area contributed by atoms with Crippen LogP contribution in [0.4, 0.5) is 0 Å². The molecule has 1 unspecified atom stereocenters. The number of carbonyl (C=O) groups is 1. The SMILES string of the molecule is C=C(C)C(N)=O.CC(C)(N)C(O)CO. The molecule has 0 heterocycles. The molecular weight excluding hydrogens is 184 g/mol. The maximum Gasteiger partial charge on any atom is 0.243 e. The molecule has 0 aliphatic carbocycles. The van der Waals surface area contributed by atoms with Crippen LogP contribution >= 0.6 is 0 Å². The molecule has 0 aromatic heterocycles. The third-order valence-electron chi connectivity index (χ3n) is 1.45. The van der Waals surface area contributed by atoms with Crippen molar-refractivity contribution in [3.63, 3.8) is 0 Å². The molecule has 0 rings (SSSR count). The van der Waals surface area contributed by atoms with Crippen molar-refractivity contribution in [2.75, 3.05) is 6.61 Å². The maximum atomic E-state index is 9.82. The Morgan fingerprint density at radius 2 is 1.86 bits per heavy atom. The molecule has 0 aromatic carbocycles. The van der Waals surface area contributed by atoms with Crippen molar-refractivity contribution in [2.24, 2.45) is 11.5 Å². The Kier molecular flexibility index (Phi) is 7.26. The van der Waals surface area contributed by atoms with Gasteiger partial charge in [0.25, 0.3) is 0 Å². The largest absolute Gasteiger partial charge is 0.394 e. The number of hydrogen-bond donors (Lipinski definition) is 4. The minimum absolute atomic E-state index is 0.274. The van der Waals surface area contributed by atoms with Gasteiger partial charge < -0.3 is 21.7 Å². The van der Waals surface area contributed by atoms with Crippen molar-refractivity contribution in [3.05, 3.63) is 12.2 Å². The first-order valence-electron chi connectivity index (χ1n) is 4.16. The summed E-state index contributed by atoms with van der Waals surface area (Å²) < 4.78 is 0. The van der Waals surface area contributed by atoms with Crippen molar-refractivity contribution in [1.82, 2.24) is 0 Å². The van der Waals surface area contributed by atoms with E-state index in [0.29, 0.717) is 5.57 Å². The van der Waals surface area contributed by atoms with Crippen LogP contribution in [0.3, 0.4) is 0 Å². The summed E-state index contributed by atoms with van der Waals surface area (Å²) in [6, 6.07) is 0. The zero-order valence-corrected chi connectivity index (χ0v) is 8.95. The average molecular weight is 204 g/mol. The van der Waals surface area contributed by atoms with Crippen LogP contribution in [-0.2, 0) is 4.79 Å². The first-order valence-corrected chi connectivity index (χ1v) is 4.16. The van der Waals surface area contributed by atoms with Crippen LogP contribution in [0.1, 0.15) is 20.8 Å². The second-order valence-electron chi connectivity index (χ2n) is 3.66. The van der Waals surface area contributed by atoms with Gasteiger partial charge in [-0.3, -0.25) is 4.79 Å². The van der Waals surface area contributed by atoms with Crippen molar-refractivity contribution in [3.8, 4) is 0 Å². The van der Waals surface area contributed by atoms with Gasteiger partial charge in [-0.15, -0.1) is 0 Å². The number of carbonyl (C=O) groups excluding carboxylic acids is 1. The van der Waals surface area contributed by atoms with Gasteiger partial charge in [-0.2, -0.15) is 0 Å². The Morgan fingerprint density at radius 3 is 1.86 bits per heavy atom. The minimum atomic E-state index is -0.817. The van der Waals surface area contributed by atoms with Crippen LogP contribution in [0.2, 0.25) is 0 Å². The number of aliphatic hydroxyl groups excluding tert-OH is 2. The van der Waals surface area contributed by atoms with Crippen LogP contribution in [0.25, 0.3) is 0 Å². The van der Waals surface area contributed by atoms with Gasteiger partial charge in [0.05, 0.1) is 12.7 Å². The van der Waals surface area contributed by atoms with E-state index in [0.717, 1.165) is 0 Å². The third kappa shape index (κ3) is 9.18. The number of primary amides is 1. The van der Waals surface area contributed by atoms with Crippen LogP contribution < -0.4 is 11.5 Å². The molecule has 0 saturated heterocycles. The number of aliphatic hydroxyl groups is 2.